The maximum Gasteiger partial charge on any atom is 0.251 e. The highest BCUT2D eigenvalue weighted by Crippen LogP contribution is 2.21. The van der Waals surface area contributed by atoms with Crippen molar-refractivity contribution in [1.82, 2.24) is 16.0 Å². The molecule has 7 heteroatoms. The van der Waals surface area contributed by atoms with Crippen LogP contribution in [-0.2, 0) is 6.54 Å². The smallest absolute Gasteiger partial charge is 0.251 e. The van der Waals surface area contributed by atoms with E-state index in [2.05, 4.69) is 46.9 Å². The lowest BCUT2D eigenvalue weighted by molar-refractivity contribution is 0.0939. The third kappa shape index (κ3) is 9.06. The summed E-state index contributed by atoms with van der Waals surface area (Å²) in [6.45, 7) is 7.69. The predicted octanol–water partition coefficient (Wildman–Crippen LogP) is 4.70. The van der Waals surface area contributed by atoms with Crippen LogP contribution in [0.25, 0.3) is 0 Å². The standard InChI is InChI=1S/C25H36N4O2.HI/c1-6-19(3)29-24(30)22-9-7-8-20(16-22)17-28-25(26-4)27-15-14-18(2)21-10-12-23(31-5)13-11-21;/h7-13,16,18-19H,6,14-15,17H2,1-5H3,(H,29,30)(H2,26,27,28);1H. The van der Waals surface area contributed by atoms with E-state index in [1.807, 2.05) is 43.3 Å². The summed E-state index contributed by atoms with van der Waals surface area (Å²) < 4.78 is 5.22. The molecule has 0 bridgehead atoms. The van der Waals surface area contributed by atoms with Gasteiger partial charge in [-0.05, 0) is 61.1 Å². The van der Waals surface area contributed by atoms with E-state index in [-0.39, 0.29) is 35.9 Å². The molecule has 0 spiro atoms. The number of ether oxygens (including phenoxy) is 1. The highest BCUT2D eigenvalue weighted by molar-refractivity contribution is 14.0. The fourth-order valence-corrected chi connectivity index (χ4v) is 3.14. The summed E-state index contributed by atoms with van der Waals surface area (Å²) in [5, 5.41) is 9.70. The number of amides is 1. The van der Waals surface area contributed by atoms with Crippen molar-refractivity contribution in [1.29, 1.82) is 0 Å². The van der Waals surface area contributed by atoms with E-state index >= 15 is 0 Å². The number of carbonyl (C=O) groups is 1. The zero-order chi connectivity index (χ0) is 22.6. The topological polar surface area (TPSA) is 74.8 Å². The molecule has 0 aliphatic rings. The monoisotopic (exact) mass is 552 g/mol. The van der Waals surface area contributed by atoms with Crippen molar-refractivity contribution in [3.63, 3.8) is 0 Å². The molecule has 0 fully saturated rings. The molecule has 0 aromatic heterocycles. The minimum absolute atomic E-state index is 0. The van der Waals surface area contributed by atoms with Gasteiger partial charge in [-0.25, -0.2) is 0 Å². The van der Waals surface area contributed by atoms with Crippen LogP contribution in [0.1, 0.15) is 61.0 Å². The first-order valence-electron chi connectivity index (χ1n) is 10.9. The Morgan fingerprint density at radius 3 is 2.44 bits per heavy atom. The molecule has 0 saturated heterocycles. The lowest BCUT2D eigenvalue weighted by Gasteiger charge is -2.16. The second-order valence-corrected chi connectivity index (χ2v) is 7.80. The summed E-state index contributed by atoms with van der Waals surface area (Å²) in [5.41, 5.74) is 3.00. The molecule has 0 aliphatic heterocycles. The maximum absolute atomic E-state index is 12.3. The summed E-state index contributed by atoms with van der Waals surface area (Å²) in [4.78, 5) is 16.6. The van der Waals surface area contributed by atoms with E-state index in [1.165, 1.54) is 5.56 Å². The van der Waals surface area contributed by atoms with Gasteiger partial charge in [0.2, 0.25) is 0 Å². The lowest BCUT2D eigenvalue weighted by Crippen LogP contribution is -2.37. The molecule has 2 unspecified atom stereocenters. The summed E-state index contributed by atoms with van der Waals surface area (Å²) >= 11 is 0. The van der Waals surface area contributed by atoms with Gasteiger partial charge in [-0.1, -0.05) is 38.1 Å². The summed E-state index contributed by atoms with van der Waals surface area (Å²) in [7, 11) is 3.44. The van der Waals surface area contributed by atoms with Gasteiger partial charge in [0.05, 0.1) is 7.11 Å². The van der Waals surface area contributed by atoms with E-state index < -0.39 is 0 Å². The molecule has 0 radical (unpaired) electrons. The number of halogens is 1. The van der Waals surface area contributed by atoms with Crippen LogP contribution in [0.15, 0.2) is 53.5 Å². The first kappa shape index (κ1) is 27.7. The largest absolute Gasteiger partial charge is 0.497 e. The van der Waals surface area contributed by atoms with E-state index in [0.29, 0.717) is 18.0 Å². The average Bonchev–Trinajstić information content (AvgIpc) is 2.81. The molecule has 176 valence electrons. The first-order chi connectivity index (χ1) is 15.0. The van der Waals surface area contributed by atoms with Crippen LogP contribution in [0.5, 0.6) is 5.75 Å². The molecule has 0 aliphatic carbocycles. The third-order valence-corrected chi connectivity index (χ3v) is 5.42. The van der Waals surface area contributed by atoms with Gasteiger partial charge in [0.1, 0.15) is 5.75 Å². The molecule has 2 atom stereocenters. The molecule has 2 aromatic rings. The number of nitrogens with one attached hydrogen (secondary N) is 3. The van der Waals surface area contributed by atoms with Crippen molar-refractivity contribution >= 4 is 35.8 Å². The van der Waals surface area contributed by atoms with Gasteiger partial charge < -0.3 is 20.7 Å². The highest BCUT2D eigenvalue weighted by Gasteiger charge is 2.10. The van der Waals surface area contributed by atoms with Gasteiger partial charge in [-0.2, -0.15) is 0 Å². The van der Waals surface area contributed by atoms with Crippen molar-refractivity contribution in [2.45, 2.75) is 52.1 Å². The molecule has 6 nitrogen and oxygen atoms in total. The van der Waals surface area contributed by atoms with Gasteiger partial charge in [0, 0.05) is 31.7 Å². The fourth-order valence-electron chi connectivity index (χ4n) is 3.14. The van der Waals surface area contributed by atoms with Crippen molar-refractivity contribution in [3.8, 4) is 5.75 Å². The Bertz CT molecular complexity index is 855. The summed E-state index contributed by atoms with van der Waals surface area (Å²) in [5.74, 6) is 2.01. The van der Waals surface area contributed by atoms with Gasteiger partial charge in [0.15, 0.2) is 5.96 Å². The van der Waals surface area contributed by atoms with Crippen LogP contribution in [0.2, 0.25) is 0 Å². The number of guanidine groups is 1. The average molecular weight is 553 g/mol. The molecule has 2 aromatic carbocycles. The van der Waals surface area contributed by atoms with Gasteiger partial charge in [0.25, 0.3) is 5.91 Å². The van der Waals surface area contributed by atoms with Crippen molar-refractivity contribution < 1.29 is 9.53 Å². The Balaban J connectivity index is 0.00000512. The van der Waals surface area contributed by atoms with E-state index in [1.54, 1.807) is 14.2 Å². The van der Waals surface area contributed by atoms with Gasteiger partial charge in [-0.15, -0.1) is 24.0 Å². The number of rotatable bonds is 10. The number of aliphatic imine (C=N–C) groups is 1. The lowest BCUT2D eigenvalue weighted by atomic mass is 9.98. The number of carbonyl (C=O) groups excluding carboxylic acids is 1. The van der Waals surface area contributed by atoms with E-state index in [9.17, 15) is 4.79 Å². The zero-order valence-corrected chi connectivity index (χ0v) is 22.1. The molecular formula is C25H37IN4O2. The number of hydrogen-bond acceptors (Lipinski definition) is 3. The molecule has 32 heavy (non-hydrogen) atoms. The molecular weight excluding hydrogens is 515 g/mol. The van der Waals surface area contributed by atoms with Crippen LogP contribution < -0.4 is 20.7 Å². The SMILES string of the molecule is CCC(C)NC(=O)c1cccc(CNC(=NC)NCCC(C)c2ccc(OC)cc2)c1.I. The van der Waals surface area contributed by atoms with Gasteiger partial charge in [-0.3, -0.25) is 9.79 Å². The second-order valence-electron chi connectivity index (χ2n) is 7.80. The Morgan fingerprint density at radius 1 is 1.09 bits per heavy atom. The number of hydrogen-bond donors (Lipinski definition) is 3. The second kappa shape index (κ2) is 14.7. The van der Waals surface area contributed by atoms with E-state index in [0.717, 1.165) is 36.7 Å². The molecule has 2 rings (SSSR count). The Kier molecular flexibility index (Phi) is 12.8. The maximum atomic E-state index is 12.3. The normalized spacial score (nSPS) is 12.8. The quantitative estimate of drug-likeness (QED) is 0.227. The first-order valence-corrected chi connectivity index (χ1v) is 10.9. The van der Waals surface area contributed by atoms with Crippen LogP contribution in [0.4, 0.5) is 0 Å². The molecule has 1 amide bonds. The molecule has 0 heterocycles. The number of benzene rings is 2. The summed E-state index contributed by atoms with van der Waals surface area (Å²) in [6.07, 6.45) is 1.89. The van der Waals surface area contributed by atoms with Crippen molar-refractivity contribution in [2.24, 2.45) is 4.99 Å². The van der Waals surface area contributed by atoms with Crippen LogP contribution in [0, 0.1) is 0 Å². The minimum Gasteiger partial charge on any atom is -0.497 e. The Labute approximate surface area is 209 Å². The van der Waals surface area contributed by atoms with Crippen molar-refractivity contribution in [3.05, 3.63) is 65.2 Å². The molecule has 0 saturated carbocycles. The third-order valence-electron chi connectivity index (χ3n) is 5.42. The minimum atomic E-state index is -0.0359. The van der Waals surface area contributed by atoms with Crippen LogP contribution in [0.3, 0.4) is 0 Å². The Morgan fingerprint density at radius 2 is 1.81 bits per heavy atom. The zero-order valence-electron chi connectivity index (χ0n) is 19.8. The van der Waals surface area contributed by atoms with Crippen LogP contribution in [-0.4, -0.2) is 38.6 Å². The Hall–Kier alpha value is -2.29. The number of nitrogens with zero attached hydrogens (tertiary/aromatic N) is 1. The fraction of sp³-hybridized carbons (Fsp3) is 0.440. The predicted molar refractivity (Wildman–Crippen MR) is 143 cm³/mol. The van der Waals surface area contributed by atoms with Gasteiger partial charge >= 0.3 is 0 Å². The molecule has 3 N–H and O–H groups in total. The van der Waals surface area contributed by atoms with E-state index in [4.69, 9.17) is 4.74 Å². The number of methoxy groups -OCH3 is 1. The summed E-state index contributed by atoms with van der Waals surface area (Å²) in [6, 6.07) is 16.1. The van der Waals surface area contributed by atoms with Crippen molar-refractivity contribution in [2.75, 3.05) is 20.7 Å². The highest BCUT2D eigenvalue weighted by atomic mass is 127. The van der Waals surface area contributed by atoms with Crippen LogP contribution >= 0.6 is 24.0 Å².